The average Bonchev–Trinajstić information content (AvgIpc) is 3.49. The summed E-state index contributed by atoms with van der Waals surface area (Å²) in [5.74, 6) is 1.68. The van der Waals surface area contributed by atoms with E-state index in [-0.39, 0.29) is 6.42 Å². The molecule has 0 radical (unpaired) electrons. The Morgan fingerprint density at radius 3 is 2.53 bits per heavy atom. The molecule has 5 heteroatoms. The Labute approximate surface area is 227 Å². The second-order valence-corrected chi connectivity index (χ2v) is 13.2. The number of piperidine rings is 1. The molecule has 5 nitrogen and oxygen atoms in total. The third-order valence-electron chi connectivity index (χ3n) is 9.91. The molecule has 202 valence electrons. The van der Waals surface area contributed by atoms with Crippen LogP contribution in [0.15, 0.2) is 30.4 Å². The fourth-order valence-corrected chi connectivity index (χ4v) is 7.62. The van der Waals surface area contributed by atoms with Gasteiger partial charge in [0.1, 0.15) is 0 Å². The van der Waals surface area contributed by atoms with Crippen molar-refractivity contribution < 1.29 is 9.90 Å². The third kappa shape index (κ3) is 4.90. The van der Waals surface area contributed by atoms with Gasteiger partial charge in [0.05, 0.1) is 12.1 Å². The van der Waals surface area contributed by atoms with Crippen LogP contribution in [0.1, 0.15) is 67.6 Å². The molecule has 3 unspecified atom stereocenters. The lowest BCUT2D eigenvalue weighted by Gasteiger charge is -2.40. The summed E-state index contributed by atoms with van der Waals surface area (Å²) in [6.45, 7) is 14.0. The summed E-state index contributed by atoms with van der Waals surface area (Å²) >= 11 is 0. The van der Waals surface area contributed by atoms with Crippen LogP contribution in [0.3, 0.4) is 0 Å². The smallest absolute Gasteiger partial charge is 0.307 e. The number of pyridine rings is 1. The maximum atomic E-state index is 11.9. The zero-order valence-electron chi connectivity index (χ0n) is 23.6. The number of benzene rings is 1. The largest absolute Gasteiger partial charge is 0.481 e. The average molecular weight is 514 g/mol. The molecule has 0 amide bonds. The highest BCUT2D eigenvalue weighted by Gasteiger charge is 2.37. The Hall–Kier alpha value is -2.66. The predicted molar refractivity (Wildman–Crippen MR) is 154 cm³/mol. The number of carboxylic acid groups (broad SMARTS) is 1. The van der Waals surface area contributed by atoms with Gasteiger partial charge in [0.15, 0.2) is 0 Å². The Balaban J connectivity index is 1.31. The minimum Gasteiger partial charge on any atom is -0.481 e. The van der Waals surface area contributed by atoms with Gasteiger partial charge >= 0.3 is 5.97 Å². The molecule has 4 aliphatic rings. The van der Waals surface area contributed by atoms with Crippen molar-refractivity contribution in [1.82, 2.24) is 9.88 Å². The molecule has 3 atom stereocenters. The van der Waals surface area contributed by atoms with Crippen LogP contribution in [0.25, 0.3) is 11.1 Å². The summed E-state index contributed by atoms with van der Waals surface area (Å²) in [7, 11) is 0. The molecular weight excluding hydrogens is 470 g/mol. The molecule has 1 N–H and O–H groups in total. The van der Waals surface area contributed by atoms with E-state index in [0.29, 0.717) is 5.41 Å². The molecule has 38 heavy (non-hydrogen) atoms. The Morgan fingerprint density at radius 1 is 1.05 bits per heavy atom. The van der Waals surface area contributed by atoms with Crippen molar-refractivity contribution in [3.8, 4) is 11.1 Å². The highest BCUT2D eigenvalue weighted by molar-refractivity contribution is 5.86. The Morgan fingerprint density at radius 2 is 1.84 bits per heavy atom. The maximum Gasteiger partial charge on any atom is 0.307 e. The molecule has 1 saturated carbocycles. The Kier molecular flexibility index (Phi) is 6.62. The molecule has 2 aliphatic heterocycles. The summed E-state index contributed by atoms with van der Waals surface area (Å²) in [5.41, 5.74) is 9.36. The first kappa shape index (κ1) is 25.6. The topological polar surface area (TPSA) is 56.7 Å². The van der Waals surface area contributed by atoms with Crippen LogP contribution in [0.4, 0.5) is 5.69 Å². The van der Waals surface area contributed by atoms with E-state index >= 15 is 0 Å². The van der Waals surface area contributed by atoms with E-state index in [0.717, 1.165) is 91.4 Å². The standard InChI is InChI=1S/C33H43N3O2/c1-21-29(18-30(37)38)32(36-13-10-33(3,4)11-14-36)31(22(2)34-21)26-7-8-27-19-35(12-9-25(27)17-26)20-28-16-23-5-6-24(28)15-23/h5-8,17,23-24,28H,9-16,18-20H2,1-4H3,(H,37,38). The van der Waals surface area contributed by atoms with Gasteiger partial charge in [-0.05, 0) is 85.8 Å². The molecule has 2 aliphatic carbocycles. The molecule has 2 fully saturated rings. The van der Waals surface area contributed by atoms with Gasteiger partial charge in [0.2, 0.25) is 0 Å². The normalized spacial score (nSPS) is 26.1. The predicted octanol–water partition coefficient (Wildman–Crippen LogP) is 6.19. The lowest BCUT2D eigenvalue weighted by molar-refractivity contribution is -0.136. The van der Waals surface area contributed by atoms with E-state index < -0.39 is 5.97 Å². The molecule has 0 spiro atoms. The van der Waals surface area contributed by atoms with Gasteiger partial charge in [-0.25, -0.2) is 0 Å². The van der Waals surface area contributed by atoms with Crippen molar-refractivity contribution >= 4 is 11.7 Å². The van der Waals surface area contributed by atoms with Gasteiger partial charge in [-0.2, -0.15) is 0 Å². The van der Waals surface area contributed by atoms with Gasteiger partial charge < -0.3 is 10.0 Å². The highest BCUT2D eigenvalue weighted by atomic mass is 16.4. The van der Waals surface area contributed by atoms with Crippen molar-refractivity contribution in [2.45, 2.75) is 72.8 Å². The molecule has 1 aromatic carbocycles. The number of aromatic nitrogens is 1. The number of carboxylic acids is 1. The van der Waals surface area contributed by atoms with Crippen molar-refractivity contribution in [3.63, 3.8) is 0 Å². The molecule has 3 heterocycles. The van der Waals surface area contributed by atoms with Gasteiger partial charge in [-0.15, -0.1) is 0 Å². The van der Waals surface area contributed by atoms with Gasteiger partial charge in [0.25, 0.3) is 0 Å². The number of carbonyl (C=O) groups is 1. The second kappa shape index (κ2) is 9.82. The van der Waals surface area contributed by atoms with Crippen molar-refractivity contribution in [2.75, 3.05) is 31.1 Å². The first-order valence-electron chi connectivity index (χ1n) is 14.7. The van der Waals surface area contributed by atoms with E-state index in [1.54, 1.807) is 0 Å². The number of aliphatic carboxylic acids is 1. The second-order valence-electron chi connectivity index (χ2n) is 13.2. The fourth-order valence-electron chi connectivity index (χ4n) is 7.62. The minimum atomic E-state index is -0.792. The Bertz CT molecular complexity index is 1270. The number of anilines is 1. The molecular formula is C33H43N3O2. The number of allylic oxidation sites excluding steroid dienone is 2. The molecule has 1 aromatic heterocycles. The molecule has 2 bridgehead atoms. The van der Waals surface area contributed by atoms with E-state index in [9.17, 15) is 9.90 Å². The third-order valence-corrected chi connectivity index (χ3v) is 9.91. The van der Waals surface area contributed by atoms with Gasteiger partial charge in [-0.1, -0.05) is 44.2 Å². The number of fused-ring (bicyclic) bond motifs is 3. The summed E-state index contributed by atoms with van der Waals surface area (Å²) in [6.07, 6.45) is 11.0. The first-order chi connectivity index (χ1) is 18.2. The number of rotatable bonds is 6. The van der Waals surface area contributed by atoms with E-state index in [1.165, 1.54) is 36.1 Å². The van der Waals surface area contributed by atoms with Gasteiger partial charge in [-0.3, -0.25) is 14.7 Å². The van der Waals surface area contributed by atoms with Crippen LogP contribution in [0.5, 0.6) is 0 Å². The molecule has 2 aromatic rings. The van der Waals surface area contributed by atoms with Crippen LogP contribution in [0.2, 0.25) is 0 Å². The van der Waals surface area contributed by atoms with Crippen molar-refractivity contribution in [1.29, 1.82) is 0 Å². The van der Waals surface area contributed by atoms with Crippen LogP contribution in [-0.2, 0) is 24.2 Å². The van der Waals surface area contributed by atoms with E-state index in [1.807, 2.05) is 6.92 Å². The monoisotopic (exact) mass is 513 g/mol. The molecule has 1 saturated heterocycles. The van der Waals surface area contributed by atoms with E-state index in [4.69, 9.17) is 4.98 Å². The summed E-state index contributed by atoms with van der Waals surface area (Å²) < 4.78 is 0. The highest BCUT2D eigenvalue weighted by Crippen LogP contribution is 2.45. The first-order valence-corrected chi connectivity index (χ1v) is 14.7. The van der Waals surface area contributed by atoms with Crippen LogP contribution >= 0.6 is 0 Å². The number of aryl methyl sites for hydroxylation is 2. The minimum absolute atomic E-state index is 0.0133. The zero-order chi connectivity index (χ0) is 26.6. The number of hydrogen-bond donors (Lipinski definition) is 1. The summed E-state index contributed by atoms with van der Waals surface area (Å²) in [4.78, 5) is 21.9. The zero-order valence-corrected chi connectivity index (χ0v) is 23.6. The molecule has 6 rings (SSSR count). The van der Waals surface area contributed by atoms with Crippen molar-refractivity contribution in [2.24, 2.45) is 23.2 Å². The van der Waals surface area contributed by atoms with Crippen molar-refractivity contribution in [3.05, 3.63) is 58.4 Å². The van der Waals surface area contributed by atoms with E-state index in [2.05, 4.69) is 60.9 Å². The maximum absolute atomic E-state index is 11.9. The lowest BCUT2D eigenvalue weighted by atomic mass is 9.82. The SMILES string of the molecule is Cc1nc(C)c(-c2ccc3c(c2)CCN(CC2CC4C=CC2C4)C3)c(N2CCC(C)(C)CC2)c1CC(=O)O. The number of hydrogen-bond acceptors (Lipinski definition) is 4. The summed E-state index contributed by atoms with van der Waals surface area (Å²) in [6, 6.07) is 6.98. The summed E-state index contributed by atoms with van der Waals surface area (Å²) in [5, 5.41) is 9.79. The lowest BCUT2D eigenvalue weighted by Crippen LogP contribution is -2.38. The van der Waals surface area contributed by atoms with Crippen LogP contribution < -0.4 is 4.90 Å². The fraction of sp³-hybridized carbons (Fsp3) is 0.576. The quantitative estimate of drug-likeness (QED) is 0.467. The number of nitrogens with zero attached hydrogens (tertiary/aromatic N) is 3. The van der Waals surface area contributed by atoms with Crippen LogP contribution in [-0.4, -0.2) is 47.1 Å². The van der Waals surface area contributed by atoms with Gasteiger partial charge in [0, 0.05) is 55.2 Å². The van der Waals surface area contributed by atoms with Crippen LogP contribution in [0, 0.1) is 37.0 Å².